The first-order chi connectivity index (χ1) is 19.3. The molecule has 8 heteroatoms. The van der Waals surface area contributed by atoms with Crippen LogP contribution in [0.2, 0.25) is 0 Å². The first kappa shape index (κ1) is 28.8. The van der Waals surface area contributed by atoms with Gasteiger partial charge in [-0.25, -0.2) is 9.59 Å². The van der Waals surface area contributed by atoms with E-state index in [-0.39, 0.29) is 32.0 Å². The van der Waals surface area contributed by atoms with Gasteiger partial charge in [0.25, 0.3) is 0 Å². The van der Waals surface area contributed by atoms with Crippen molar-refractivity contribution in [3.8, 4) is 11.1 Å². The fourth-order valence-corrected chi connectivity index (χ4v) is 5.19. The Morgan fingerprint density at radius 1 is 0.875 bits per heavy atom. The van der Waals surface area contributed by atoms with Gasteiger partial charge >= 0.3 is 12.1 Å². The number of amides is 2. The Hall–Kier alpha value is -4.17. The molecule has 1 aliphatic rings. The quantitative estimate of drug-likeness (QED) is 0.287. The summed E-state index contributed by atoms with van der Waals surface area (Å²) in [5.74, 6) is -1.95. The predicted octanol–water partition coefficient (Wildman–Crippen LogP) is 5.26. The maximum Gasteiger partial charge on any atom is 0.408 e. The summed E-state index contributed by atoms with van der Waals surface area (Å²) in [6.07, 6.45) is -1.07. The Kier molecular flexibility index (Phi) is 9.22. The van der Waals surface area contributed by atoms with E-state index in [1.807, 2.05) is 66.7 Å². The number of nitrogens with one attached hydrogen (secondary N) is 2. The molecule has 0 saturated heterocycles. The number of carbonyl (C=O) groups excluding carboxylic acids is 2. The van der Waals surface area contributed by atoms with Crippen LogP contribution in [0.1, 0.15) is 56.2 Å². The van der Waals surface area contributed by atoms with Crippen molar-refractivity contribution in [1.29, 1.82) is 0 Å². The molecule has 0 radical (unpaired) electrons. The molecule has 3 N–H and O–H groups in total. The van der Waals surface area contributed by atoms with E-state index in [9.17, 15) is 19.5 Å². The topological polar surface area (TPSA) is 114 Å². The molecular formula is C32H36N2O6. The van der Waals surface area contributed by atoms with Crippen LogP contribution in [-0.4, -0.2) is 47.4 Å². The third kappa shape index (κ3) is 6.18. The lowest BCUT2D eigenvalue weighted by molar-refractivity contribution is -0.147. The molecule has 0 bridgehead atoms. The van der Waals surface area contributed by atoms with Crippen LogP contribution in [0.5, 0.6) is 0 Å². The molecule has 40 heavy (non-hydrogen) atoms. The number of alkyl carbamates (subject to hydrolysis) is 1. The van der Waals surface area contributed by atoms with Crippen molar-refractivity contribution in [3.05, 3.63) is 95.6 Å². The van der Waals surface area contributed by atoms with Crippen LogP contribution >= 0.6 is 0 Å². The maximum absolute atomic E-state index is 13.4. The molecule has 0 spiro atoms. The van der Waals surface area contributed by atoms with E-state index in [0.29, 0.717) is 0 Å². The number of carbonyl (C=O) groups is 3. The molecule has 4 rings (SSSR count). The van der Waals surface area contributed by atoms with E-state index in [2.05, 4.69) is 22.8 Å². The highest BCUT2D eigenvalue weighted by Crippen LogP contribution is 2.44. The van der Waals surface area contributed by atoms with E-state index >= 15 is 0 Å². The Labute approximate surface area is 234 Å². The summed E-state index contributed by atoms with van der Waals surface area (Å²) in [4.78, 5) is 38.5. The van der Waals surface area contributed by atoms with Gasteiger partial charge in [0.1, 0.15) is 12.1 Å². The number of carboxylic acid groups (broad SMARTS) is 1. The van der Waals surface area contributed by atoms with Gasteiger partial charge in [0, 0.05) is 5.92 Å². The molecule has 0 heterocycles. The molecule has 8 nitrogen and oxygen atoms in total. The van der Waals surface area contributed by atoms with Crippen molar-refractivity contribution in [1.82, 2.24) is 10.6 Å². The van der Waals surface area contributed by atoms with Crippen LogP contribution < -0.4 is 10.6 Å². The summed E-state index contributed by atoms with van der Waals surface area (Å²) in [6, 6.07) is 24.1. The number of rotatable bonds is 12. The normalized spacial score (nSPS) is 14.0. The first-order valence-electron chi connectivity index (χ1n) is 13.6. The third-order valence-electron chi connectivity index (χ3n) is 7.70. The van der Waals surface area contributed by atoms with Crippen LogP contribution in [-0.2, 0) is 25.7 Å². The number of benzene rings is 3. The third-order valence-corrected chi connectivity index (χ3v) is 7.70. The van der Waals surface area contributed by atoms with E-state index < -0.39 is 35.7 Å². The summed E-state index contributed by atoms with van der Waals surface area (Å²) >= 11 is 0. The Morgan fingerprint density at radius 2 is 1.43 bits per heavy atom. The summed E-state index contributed by atoms with van der Waals surface area (Å²) in [7, 11) is 0. The second kappa shape index (κ2) is 12.8. The van der Waals surface area contributed by atoms with Gasteiger partial charge in [-0.1, -0.05) is 92.7 Å². The van der Waals surface area contributed by atoms with E-state index in [1.54, 1.807) is 20.8 Å². The molecule has 0 saturated carbocycles. The van der Waals surface area contributed by atoms with E-state index in [4.69, 9.17) is 9.47 Å². The smallest absolute Gasteiger partial charge is 0.408 e. The van der Waals surface area contributed by atoms with E-state index in [0.717, 1.165) is 27.8 Å². The number of hydrogen-bond acceptors (Lipinski definition) is 5. The standard InChI is InChI=1S/C32H36N2O6/c1-4-32(5-2,30(37)33-28(29(35)36)21(3)39-19-22-13-7-6-8-14-22)34-31(38)40-20-27-25-17-11-9-15-23(25)24-16-10-12-18-26(24)27/h6-18,21,27-28H,4-5,19-20H2,1-3H3,(H,33,37)(H,34,38)(H,35,36)/t21-,28+/m1/s1. The highest BCUT2D eigenvalue weighted by Gasteiger charge is 2.41. The average molecular weight is 545 g/mol. The molecule has 0 aliphatic heterocycles. The maximum atomic E-state index is 13.4. The van der Waals surface area contributed by atoms with E-state index in [1.165, 1.54) is 0 Å². The van der Waals surface area contributed by atoms with Crippen LogP contribution in [0.25, 0.3) is 11.1 Å². The lowest BCUT2D eigenvalue weighted by Gasteiger charge is -2.33. The molecule has 0 fully saturated rings. The summed E-state index contributed by atoms with van der Waals surface area (Å²) in [5.41, 5.74) is 3.94. The van der Waals surface area contributed by atoms with Gasteiger partial charge < -0.3 is 25.2 Å². The molecule has 0 unspecified atom stereocenters. The molecular weight excluding hydrogens is 508 g/mol. The molecule has 0 aromatic heterocycles. The first-order valence-corrected chi connectivity index (χ1v) is 13.6. The number of fused-ring (bicyclic) bond motifs is 3. The second-order valence-corrected chi connectivity index (χ2v) is 10.0. The van der Waals surface area contributed by atoms with Crippen molar-refractivity contribution in [2.24, 2.45) is 0 Å². The van der Waals surface area contributed by atoms with Crippen molar-refractivity contribution >= 4 is 18.0 Å². The second-order valence-electron chi connectivity index (χ2n) is 10.0. The van der Waals surface area contributed by atoms with Gasteiger partial charge in [-0.2, -0.15) is 0 Å². The van der Waals surface area contributed by atoms with Gasteiger partial charge in [0.2, 0.25) is 5.91 Å². The number of hydrogen-bond donors (Lipinski definition) is 3. The summed E-state index contributed by atoms with van der Waals surface area (Å²) in [5, 5.41) is 15.2. The summed E-state index contributed by atoms with van der Waals surface area (Å²) < 4.78 is 11.4. The molecule has 3 aromatic rings. The zero-order chi connectivity index (χ0) is 28.7. The van der Waals surface area contributed by atoms with Crippen LogP contribution in [0.4, 0.5) is 4.79 Å². The van der Waals surface area contributed by atoms with Gasteiger partial charge in [-0.15, -0.1) is 0 Å². The SMILES string of the molecule is CCC(CC)(NC(=O)OCC1c2ccccc2-c2ccccc21)C(=O)N[C@H](C(=O)O)[C@@H](C)OCc1ccccc1. The van der Waals surface area contributed by atoms with Gasteiger partial charge in [-0.3, -0.25) is 4.79 Å². The van der Waals surface area contributed by atoms with Gasteiger partial charge in [-0.05, 0) is 47.6 Å². The van der Waals surface area contributed by atoms with Crippen molar-refractivity contribution < 1.29 is 29.0 Å². The Balaban J connectivity index is 1.41. The number of carboxylic acids is 1. The minimum atomic E-state index is -1.35. The van der Waals surface area contributed by atoms with Gasteiger partial charge in [0.15, 0.2) is 6.04 Å². The monoisotopic (exact) mass is 544 g/mol. The van der Waals surface area contributed by atoms with Crippen LogP contribution in [0.15, 0.2) is 78.9 Å². The number of ether oxygens (including phenoxy) is 2. The van der Waals surface area contributed by atoms with Crippen LogP contribution in [0.3, 0.4) is 0 Å². The highest BCUT2D eigenvalue weighted by molar-refractivity contribution is 5.93. The molecule has 2 amide bonds. The van der Waals surface area contributed by atoms with Gasteiger partial charge in [0.05, 0.1) is 12.7 Å². The zero-order valence-corrected chi connectivity index (χ0v) is 23.1. The molecule has 3 aromatic carbocycles. The molecule has 1 aliphatic carbocycles. The lowest BCUT2D eigenvalue weighted by atomic mass is 9.91. The van der Waals surface area contributed by atoms with Crippen LogP contribution in [0, 0.1) is 0 Å². The predicted molar refractivity (Wildman–Crippen MR) is 152 cm³/mol. The number of aliphatic carboxylic acids is 1. The van der Waals surface area contributed by atoms with Crippen molar-refractivity contribution in [3.63, 3.8) is 0 Å². The zero-order valence-electron chi connectivity index (χ0n) is 23.1. The largest absolute Gasteiger partial charge is 0.480 e. The minimum absolute atomic E-state index is 0.104. The fraction of sp³-hybridized carbons (Fsp3) is 0.344. The Morgan fingerprint density at radius 3 is 1.98 bits per heavy atom. The lowest BCUT2D eigenvalue weighted by Crippen LogP contribution is -2.62. The average Bonchev–Trinajstić information content (AvgIpc) is 3.30. The Bertz CT molecular complexity index is 1290. The highest BCUT2D eigenvalue weighted by atomic mass is 16.5. The molecule has 2 atom stereocenters. The van der Waals surface area contributed by atoms with Crippen molar-refractivity contribution in [2.45, 2.75) is 63.8 Å². The van der Waals surface area contributed by atoms with Crippen molar-refractivity contribution in [2.75, 3.05) is 6.61 Å². The fourth-order valence-electron chi connectivity index (χ4n) is 5.19. The summed E-state index contributed by atoms with van der Waals surface area (Å²) in [6.45, 7) is 5.43. The molecule has 210 valence electrons. The minimum Gasteiger partial charge on any atom is -0.480 e.